The molecule has 0 spiro atoms. The zero-order valence-electron chi connectivity index (χ0n) is 6.00. The number of halogens is 1. The maximum Gasteiger partial charge on any atom is 0.0983 e. The third-order valence-corrected chi connectivity index (χ3v) is 2.92. The molecule has 0 bridgehead atoms. The largest absolute Gasteiger partial charge is 0.258 e. The fourth-order valence-electron chi connectivity index (χ4n) is 0.799. The van der Waals surface area contributed by atoms with Crippen LogP contribution in [0.25, 0.3) is 0 Å². The van der Waals surface area contributed by atoms with Gasteiger partial charge in [-0.05, 0) is 5.56 Å². The van der Waals surface area contributed by atoms with Crippen LogP contribution in [-0.2, 0) is 16.6 Å². The quantitative estimate of drug-likeness (QED) is 0.665. The molecule has 11 heavy (non-hydrogen) atoms. The molecule has 0 aliphatic heterocycles. The van der Waals surface area contributed by atoms with Gasteiger partial charge in [0.1, 0.15) is 0 Å². The van der Waals surface area contributed by atoms with E-state index in [1.54, 1.807) is 0 Å². The maximum atomic E-state index is 11.0. The number of alkyl halides is 1. The van der Waals surface area contributed by atoms with Crippen LogP contribution in [0.2, 0.25) is 0 Å². The molecule has 1 atom stereocenters. The molecule has 0 aliphatic rings. The molecule has 1 aromatic carbocycles. The summed E-state index contributed by atoms with van der Waals surface area (Å²) in [5, 5.41) is 0.217. The second kappa shape index (κ2) is 4.52. The van der Waals surface area contributed by atoms with E-state index in [1.165, 1.54) is 0 Å². The van der Waals surface area contributed by atoms with Gasteiger partial charge in [-0.1, -0.05) is 30.3 Å². The van der Waals surface area contributed by atoms with Crippen molar-refractivity contribution in [2.75, 3.05) is 5.21 Å². The van der Waals surface area contributed by atoms with E-state index < -0.39 is 10.8 Å². The van der Waals surface area contributed by atoms with Crippen LogP contribution in [0, 0.1) is 0 Å². The van der Waals surface area contributed by atoms with Crippen molar-refractivity contribution in [3.05, 3.63) is 35.9 Å². The lowest BCUT2D eigenvalue weighted by Crippen LogP contribution is -1.95. The summed E-state index contributed by atoms with van der Waals surface area (Å²) in [6.45, 7) is 0. The molecule has 0 N–H and O–H groups in total. The van der Waals surface area contributed by atoms with E-state index in [0.29, 0.717) is 5.75 Å². The van der Waals surface area contributed by atoms with Gasteiger partial charge in [0.2, 0.25) is 0 Å². The first-order valence-corrected chi connectivity index (χ1v) is 5.30. The highest BCUT2D eigenvalue weighted by molar-refractivity contribution is 7.85. The van der Waals surface area contributed by atoms with E-state index in [4.69, 9.17) is 11.6 Å². The lowest BCUT2D eigenvalue weighted by atomic mass is 10.2. The van der Waals surface area contributed by atoms with Crippen LogP contribution in [0.3, 0.4) is 0 Å². The molecule has 0 saturated heterocycles. The average molecular weight is 189 g/mol. The molecular formula is C8H9ClOS. The van der Waals surface area contributed by atoms with Crippen molar-refractivity contribution in [1.29, 1.82) is 0 Å². The molecule has 0 heterocycles. The first-order chi connectivity index (χ1) is 5.33. The lowest BCUT2D eigenvalue weighted by molar-refractivity contribution is 0.685. The van der Waals surface area contributed by atoms with E-state index in [2.05, 4.69) is 0 Å². The van der Waals surface area contributed by atoms with Gasteiger partial charge in [-0.25, -0.2) is 0 Å². The smallest absolute Gasteiger partial charge is 0.0983 e. The van der Waals surface area contributed by atoms with Crippen LogP contribution in [0.1, 0.15) is 5.56 Å². The van der Waals surface area contributed by atoms with E-state index in [-0.39, 0.29) is 5.21 Å². The van der Waals surface area contributed by atoms with Crippen LogP contribution >= 0.6 is 11.6 Å². The lowest BCUT2D eigenvalue weighted by Gasteiger charge is -1.96. The first-order valence-electron chi connectivity index (χ1n) is 3.28. The Balaban J connectivity index is 2.58. The summed E-state index contributed by atoms with van der Waals surface area (Å²) in [6.07, 6.45) is 0. The molecule has 1 aromatic rings. The third kappa shape index (κ3) is 3.04. The normalized spacial score (nSPS) is 12.8. The fraction of sp³-hybridized carbons (Fsp3) is 0.250. The van der Waals surface area contributed by atoms with Gasteiger partial charge in [-0.15, -0.1) is 11.6 Å². The molecule has 0 fully saturated rings. The highest BCUT2D eigenvalue weighted by Crippen LogP contribution is 2.03. The van der Waals surface area contributed by atoms with Gasteiger partial charge in [-0.2, -0.15) is 0 Å². The Morgan fingerprint density at radius 3 is 2.45 bits per heavy atom. The molecule has 0 aromatic heterocycles. The van der Waals surface area contributed by atoms with Gasteiger partial charge < -0.3 is 0 Å². The van der Waals surface area contributed by atoms with E-state index in [0.717, 1.165) is 5.56 Å². The van der Waals surface area contributed by atoms with Crippen LogP contribution in [0.15, 0.2) is 30.3 Å². The van der Waals surface area contributed by atoms with Crippen LogP contribution < -0.4 is 0 Å². The van der Waals surface area contributed by atoms with Gasteiger partial charge in [0, 0.05) is 16.6 Å². The van der Waals surface area contributed by atoms with Gasteiger partial charge >= 0.3 is 0 Å². The average Bonchev–Trinajstić information content (AvgIpc) is 2.06. The Morgan fingerprint density at radius 1 is 1.27 bits per heavy atom. The van der Waals surface area contributed by atoms with Crippen molar-refractivity contribution in [3.8, 4) is 0 Å². The molecule has 0 saturated carbocycles. The van der Waals surface area contributed by atoms with E-state index in [1.807, 2.05) is 30.3 Å². The minimum atomic E-state index is -0.913. The Bertz CT molecular complexity index is 235. The first kappa shape index (κ1) is 8.75. The summed E-state index contributed by atoms with van der Waals surface area (Å²) in [4.78, 5) is 0. The third-order valence-electron chi connectivity index (χ3n) is 1.29. The van der Waals surface area contributed by atoms with Crippen molar-refractivity contribution >= 4 is 22.4 Å². The van der Waals surface area contributed by atoms with Crippen LogP contribution in [0.4, 0.5) is 0 Å². The molecule has 0 aliphatic carbocycles. The predicted octanol–water partition coefficient (Wildman–Crippen LogP) is 2.13. The van der Waals surface area contributed by atoms with Gasteiger partial charge in [0.05, 0.1) is 5.21 Å². The van der Waals surface area contributed by atoms with Crippen molar-refractivity contribution < 1.29 is 4.21 Å². The van der Waals surface area contributed by atoms with Gasteiger partial charge in [0.15, 0.2) is 0 Å². The summed E-state index contributed by atoms with van der Waals surface area (Å²) < 4.78 is 11.0. The minimum Gasteiger partial charge on any atom is -0.258 e. The summed E-state index contributed by atoms with van der Waals surface area (Å²) in [5.41, 5.74) is 1.08. The monoisotopic (exact) mass is 188 g/mol. The van der Waals surface area contributed by atoms with E-state index in [9.17, 15) is 4.21 Å². The fourth-order valence-corrected chi connectivity index (χ4v) is 1.67. The van der Waals surface area contributed by atoms with Gasteiger partial charge in [-0.3, -0.25) is 4.21 Å². The van der Waals surface area contributed by atoms with Crippen LogP contribution in [0.5, 0.6) is 0 Å². The molecule has 1 nitrogen and oxygen atoms in total. The van der Waals surface area contributed by atoms with E-state index >= 15 is 0 Å². The second-order valence-electron chi connectivity index (χ2n) is 2.18. The maximum absolute atomic E-state index is 11.0. The summed E-state index contributed by atoms with van der Waals surface area (Å²) in [7, 11) is -0.913. The molecule has 1 rings (SSSR count). The number of hydrogen-bond acceptors (Lipinski definition) is 1. The topological polar surface area (TPSA) is 17.1 Å². The number of rotatable bonds is 3. The predicted molar refractivity (Wildman–Crippen MR) is 49.0 cm³/mol. The number of hydrogen-bond donors (Lipinski definition) is 0. The highest BCUT2D eigenvalue weighted by atomic mass is 35.5. The molecule has 1 unspecified atom stereocenters. The Hall–Kier alpha value is -0.340. The van der Waals surface area contributed by atoms with Crippen molar-refractivity contribution in [1.82, 2.24) is 0 Å². The van der Waals surface area contributed by atoms with Crippen molar-refractivity contribution in [2.24, 2.45) is 0 Å². The minimum absolute atomic E-state index is 0.217. The SMILES string of the molecule is O=S(CCl)Cc1ccccc1. The van der Waals surface area contributed by atoms with Crippen molar-refractivity contribution in [3.63, 3.8) is 0 Å². The molecular weight excluding hydrogens is 180 g/mol. The summed E-state index contributed by atoms with van der Waals surface area (Å²) in [6, 6.07) is 9.70. The molecule has 0 amide bonds. The zero-order chi connectivity index (χ0) is 8.10. The Kier molecular flexibility index (Phi) is 3.60. The second-order valence-corrected chi connectivity index (χ2v) is 4.22. The van der Waals surface area contributed by atoms with Crippen molar-refractivity contribution in [2.45, 2.75) is 5.75 Å². The van der Waals surface area contributed by atoms with Gasteiger partial charge in [0.25, 0.3) is 0 Å². The Morgan fingerprint density at radius 2 is 1.91 bits per heavy atom. The zero-order valence-corrected chi connectivity index (χ0v) is 7.57. The Labute approximate surface area is 73.8 Å². The van der Waals surface area contributed by atoms with Crippen LogP contribution in [-0.4, -0.2) is 9.42 Å². The molecule has 3 heteroatoms. The summed E-state index contributed by atoms with van der Waals surface area (Å²) in [5.74, 6) is 0.560. The molecule has 60 valence electrons. The molecule has 0 radical (unpaired) electrons. The number of benzene rings is 1. The summed E-state index contributed by atoms with van der Waals surface area (Å²) >= 11 is 5.40. The standard InChI is InChI=1S/C8H9ClOS/c9-7-11(10)6-8-4-2-1-3-5-8/h1-5H,6-7H2. The highest BCUT2D eigenvalue weighted by Gasteiger charge is 1.97.